The molecule has 4 nitrogen and oxygen atoms in total. The molecule has 0 saturated heterocycles. The summed E-state index contributed by atoms with van der Waals surface area (Å²) in [4.78, 5) is 13.5. The molecule has 16 heavy (non-hydrogen) atoms. The monoisotopic (exact) mass is 299 g/mol. The molecule has 0 atom stereocenters. The lowest BCUT2D eigenvalue weighted by Gasteiger charge is -2.14. The highest BCUT2D eigenvalue weighted by molar-refractivity contribution is 9.11. The summed E-state index contributed by atoms with van der Waals surface area (Å²) in [5.41, 5.74) is 1.63. The van der Waals surface area contributed by atoms with E-state index in [1.54, 1.807) is 35.5 Å². The highest BCUT2D eigenvalue weighted by Crippen LogP contribution is 2.21. The Kier molecular flexibility index (Phi) is 3.40. The van der Waals surface area contributed by atoms with Crippen LogP contribution in [0, 0.1) is 0 Å². The van der Waals surface area contributed by atoms with Crippen LogP contribution in [0.25, 0.3) is 0 Å². The van der Waals surface area contributed by atoms with Gasteiger partial charge >= 0.3 is 0 Å². The van der Waals surface area contributed by atoms with E-state index in [9.17, 15) is 4.79 Å². The van der Waals surface area contributed by atoms with E-state index in [1.165, 1.54) is 0 Å². The number of aromatic amines is 1. The predicted molar refractivity (Wildman–Crippen MR) is 66.4 cm³/mol. The van der Waals surface area contributed by atoms with Crippen molar-refractivity contribution in [2.24, 2.45) is 0 Å². The molecule has 6 heteroatoms. The molecule has 0 radical (unpaired) electrons. The number of H-pyrrole nitrogens is 1. The molecule has 84 valence electrons. The number of amides is 1. The van der Waals surface area contributed by atoms with E-state index >= 15 is 0 Å². The lowest BCUT2D eigenvalue weighted by Crippen LogP contribution is -2.26. The third-order valence-corrected chi connectivity index (χ3v) is 3.67. The van der Waals surface area contributed by atoms with Gasteiger partial charge in [-0.2, -0.15) is 5.10 Å². The van der Waals surface area contributed by atoms with E-state index < -0.39 is 0 Å². The van der Waals surface area contributed by atoms with E-state index in [2.05, 4.69) is 26.1 Å². The summed E-state index contributed by atoms with van der Waals surface area (Å²) in [5.74, 6) is -0.0557. The van der Waals surface area contributed by atoms with Crippen molar-refractivity contribution in [3.05, 3.63) is 38.8 Å². The van der Waals surface area contributed by atoms with Gasteiger partial charge in [-0.05, 0) is 39.0 Å². The number of nitrogens with zero attached hydrogens (tertiary/aromatic N) is 2. The number of rotatable bonds is 3. The summed E-state index contributed by atoms with van der Waals surface area (Å²) in [7, 11) is 1.77. The van der Waals surface area contributed by atoms with Crippen LogP contribution in [0.4, 0.5) is 0 Å². The average molecular weight is 300 g/mol. The Labute approximate surface area is 105 Å². The van der Waals surface area contributed by atoms with Crippen molar-refractivity contribution < 1.29 is 4.79 Å². The number of halogens is 1. The molecular formula is C10H10BrN3OS. The van der Waals surface area contributed by atoms with Crippen molar-refractivity contribution >= 4 is 33.2 Å². The maximum absolute atomic E-state index is 11.9. The molecule has 2 rings (SSSR count). The van der Waals surface area contributed by atoms with Crippen LogP contribution < -0.4 is 0 Å². The molecule has 0 spiro atoms. The zero-order chi connectivity index (χ0) is 11.5. The Bertz CT molecular complexity index is 480. The third-order valence-electron chi connectivity index (χ3n) is 2.12. The lowest BCUT2D eigenvalue weighted by atomic mass is 10.3. The van der Waals surface area contributed by atoms with Crippen molar-refractivity contribution in [1.29, 1.82) is 0 Å². The fourth-order valence-electron chi connectivity index (χ4n) is 1.35. The van der Waals surface area contributed by atoms with Gasteiger partial charge in [0.15, 0.2) is 0 Å². The summed E-state index contributed by atoms with van der Waals surface area (Å²) < 4.78 is 1.07. The lowest BCUT2D eigenvalue weighted by molar-refractivity contribution is 0.0779. The standard InChI is InChI=1S/C10H10BrN3OS/c1-14(5-7-4-9(11)16-6-7)10(15)8-2-3-12-13-8/h2-4,6H,5H2,1H3,(H,12,13). The van der Waals surface area contributed by atoms with E-state index in [-0.39, 0.29) is 5.91 Å². The first-order valence-corrected chi connectivity index (χ1v) is 6.32. The summed E-state index contributed by atoms with van der Waals surface area (Å²) in [5, 5.41) is 8.45. The second-order valence-electron chi connectivity index (χ2n) is 3.39. The zero-order valence-corrected chi connectivity index (χ0v) is 11.0. The molecule has 2 aromatic heterocycles. The van der Waals surface area contributed by atoms with Gasteiger partial charge in [0, 0.05) is 19.8 Å². The number of nitrogens with one attached hydrogen (secondary N) is 1. The fraction of sp³-hybridized carbons (Fsp3) is 0.200. The first kappa shape index (κ1) is 11.3. The molecule has 1 amide bonds. The van der Waals surface area contributed by atoms with E-state index in [0.717, 1.165) is 9.35 Å². The van der Waals surface area contributed by atoms with E-state index in [1.807, 2.05) is 11.4 Å². The Morgan fingerprint density at radius 3 is 3.06 bits per heavy atom. The number of hydrogen-bond acceptors (Lipinski definition) is 3. The topological polar surface area (TPSA) is 49.0 Å². The van der Waals surface area contributed by atoms with Crippen molar-refractivity contribution in [1.82, 2.24) is 15.1 Å². The highest BCUT2D eigenvalue weighted by atomic mass is 79.9. The second kappa shape index (κ2) is 4.80. The first-order valence-electron chi connectivity index (χ1n) is 4.64. The van der Waals surface area contributed by atoms with Gasteiger partial charge in [-0.25, -0.2) is 0 Å². The highest BCUT2D eigenvalue weighted by Gasteiger charge is 2.13. The van der Waals surface area contributed by atoms with Crippen LogP contribution in [0.3, 0.4) is 0 Å². The van der Waals surface area contributed by atoms with Crippen molar-refractivity contribution in [2.45, 2.75) is 6.54 Å². The van der Waals surface area contributed by atoms with Gasteiger partial charge in [-0.3, -0.25) is 9.89 Å². The van der Waals surface area contributed by atoms with Crippen molar-refractivity contribution in [3.8, 4) is 0 Å². The molecule has 0 aliphatic carbocycles. The van der Waals surface area contributed by atoms with Crippen LogP contribution in [0.1, 0.15) is 16.1 Å². The van der Waals surface area contributed by atoms with Gasteiger partial charge in [-0.1, -0.05) is 0 Å². The van der Waals surface area contributed by atoms with Crippen LogP contribution in [0.2, 0.25) is 0 Å². The SMILES string of the molecule is CN(Cc1csc(Br)c1)C(=O)c1ccn[nH]1. The van der Waals surface area contributed by atoms with E-state index in [0.29, 0.717) is 12.2 Å². The van der Waals surface area contributed by atoms with E-state index in [4.69, 9.17) is 0 Å². The molecule has 2 heterocycles. The van der Waals surface area contributed by atoms with Gasteiger partial charge in [0.25, 0.3) is 5.91 Å². The van der Waals surface area contributed by atoms with Gasteiger partial charge in [0.1, 0.15) is 5.69 Å². The van der Waals surface area contributed by atoms with Crippen LogP contribution >= 0.6 is 27.3 Å². The number of carbonyl (C=O) groups excluding carboxylic acids is 1. The summed E-state index contributed by atoms with van der Waals surface area (Å²) in [6, 6.07) is 3.68. The van der Waals surface area contributed by atoms with Crippen LogP contribution in [0.5, 0.6) is 0 Å². The summed E-state index contributed by atoms with van der Waals surface area (Å²) in [6.45, 7) is 0.597. The fourth-order valence-corrected chi connectivity index (χ4v) is 2.56. The first-order chi connectivity index (χ1) is 7.66. The molecule has 0 bridgehead atoms. The van der Waals surface area contributed by atoms with Crippen LogP contribution in [-0.4, -0.2) is 28.1 Å². The van der Waals surface area contributed by atoms with Crippen molar-refractivity contribution in [2.75, 3.05) is 7.05 Å². The van der Waals surface area contributed by atoms with Gasteiger partial charge in [0.05, 0.1) is 3.79 Å². The minimum absolute atomic E-state index is 0.0557. The molecule has 0 aliphatic rings. The Hall–Kier alpha value is -1.14. The zero-order valence-electron chi connectivity index (χ0n) is 8.61. The molecule has 0 aromatic carbocycles. The maximum atomic E-state index is 11.9. The largest absolute Gasteiger partial charge is 0.336 e. The molecule has 1 N–H and O–H groups in total. The number of thiophene rings is 1. The average Bonchev–Trinajstić information content (AvgIpc) is 2.88. The second-order valence-corrected chi connectivity index (χ2v) is 5.68. The molecular weight excluding hydrogens is 290 g/mol. The molecule has 0 unspecified atom stereocenters. The maximum Gasteiger partial charge on any atom is 0.271 e. The van der Waals surface area contributed by atoms with Gasteiger partial charge < -0.3 is 4.90 Å². The number of hydrogen-bond donors (Lipinski definition) is 1. The van der Waals surface area contributed by atoms with Gasteiger partial charge in [0.2, 0.25) is 0 Å². The summed E-state index contributed by atoms with van der Waals surface area (Å²) >= 11 is 5.01. The normalized spacial score (nSPS) is 10.4. The van der Waals surface area contributed by atoms with Crippen molar-refractivity contribution in [3.63, 3.8) is 0 Å². The minimum Gasteiger partial charge on any atom is -0.336 e. The Balaban J connectivity index is 2.03. The molecule has 0 saturated carbocycles. The molecule has 2 aromatic rings. The Morgan fingerprint density at radius 1 is 1.69 bits per heavy atom. The molecule has 0 fully saturated rings. The molecule has 0 aliphatic heterocycles. The van der Waals surface area contributed by atoms with Crippen LogP contribution in [0.15, 0.2) is 27.5 Å². The van der Waals surface area contributed by atoms with Gasteiger partial charge in [-0.15, -0.1) is 11.3 Å². The number of carbonyl (C=O) groups is 1. The smallest absolute Gasteiger partial charge is 0.271 e. The van der Waals surface area contributed by atoms with Crippen LogP contribution in [-0.2, 0) is 6.54 Å². The summed E-state index contributed by atoms with van der Waals surface area (Å²) in [6.07, 6.45) is 1.57. The minimum atomic E-state index is -0.0557. The quantitative estimate of drug-likeness (QED) is 0.947. The number of aromatic nitrogens is 2. The third kappa shape index (κ3) is 2.51. The Morgan fingerprint density at radius 2 is 2.50 bits per heavy atom. The predicted octanol–water partition coefficient (Wildman–Crippen LogP) is 2.51.